The number of hydrogen-bond donors (Lipinski definition) is 2. The Hall–Kier alpha value is -5.38. The number of imidazole rings is 1. The van der Waals surface area contributed by atoms with Crippen LogP contribution in [0.3, 0.4) is 0 Å². The van der Waals surface area contributed by atoms with Crippen LogP contribution in [0.15, 0.2) is 97.7 Å². The Morgan fingerprint density at radius 2 is 1.74 bits per heavy atom. The van der Waals surface area contributed by atoms with E-state index in [9.17, 15) is 18.0 Å². The summed E-state index contributed by atoms with van der Waals surface area (Å²) in [5, 5.41) is 3.81. The number of carbonyl (C=O) groups is 1. The lowest BCUT2D eigenvalue weighted by molar-refractivity contribution is -0.137. The molecule has 3 heterocycles. The van der Waals surface area contributed by atoms with Gasteiger partial charge in [0.2, 0.25) is 0 Å². The molecule has 3 aromatic carbocycles. The number of benzene rings is 3. The second-order valence-electron chi connectivity index (χ2n) is 10.1. The summed E-state index contributed by atoms with van der Waals surface area (Å²) in [5.74, 6) is -0.244. The summed E-state index contributed by atoms with van der Waals surface area (Å²) in [7, 11) is 0. The number of carbonyl (C=O) groups excluding carboxylic acids is 1. The van der Waals surface area contributed by atoms with Crippen molar-refractivity contribution in [3.05, 3.63) is 120 Å². The third-order valence-electron chi connectivity index (χ3n) is 7.06. The summed E-state index contributed by atoms with van der Waals surface area (Å²) in [4.78, 5) is 21.4. The van der Waals surface area contributed by atoms with E-state index in [0.717, 1.165) is 45.4 Å². The molecule has 0 saturated carbocycles. The monoisotopic (exact) mass is 566 g/mol. The standard InChI is InChI=1S/C32H25F3N6O/c1-19-3-6-25(39-31(42)23-11-24(32(33,34)35)14-27(12-23)40-17-20(2)38-18-40)15-28(19)22-5-4-21-8-10-41(29(21)13-22)26-7-9-37-30(36)16-26/h3-18H,1-2H3,(H2,36,37)(H,39,42). The zero-order valence-corrected chi connectivity index (χ0v) is 22.6. The number of anilines is 2. The summed E-state index contributed by atoms with van der Waals surface area (Å²) in [6.07, 6.45) is 1.99. The molecule has 0 aliphatic rings. The van der Waals surface area contributed by atoms with Crippen molar-refractivity contribution in [3.8, 4) is 22.5 Å². The highest BCUT2D eigenvalue weighted by molar-refractivity contribution is 6.05. The maximum absolute atomic E-state index is 13.7. The fraction of sp³-hybridized carbons (Fsp3) is 0.0938. The summed E-state index contributed by atoms with van der Waals surface area (Å²) in [6, 6.07) is 20.4. The highest BCUT2D eigenvalue weighted by atomic mass is 19.4. The Labute approximate surface area is 239 Å². The molecule has 0 radical (unpaired) electrons. The first kappa shape index (κ1) is 26.8. The van der Waals surface area contributed by atoms with E-state index in [0.29, 0.717) is 17.2 Å². The fourth-order valence-electron chi connectivity index (χ4n) is 4.94. The number of alkyl halides is 3. The van der Waals surface area contributed by atoms with Crippen LogP contribution in [0.4, 0.5) is 24.7 Å². The van der Waals surface area contributed by atoms with Crippen molar-refractivity contribution in [3.63, 3.8) is 0 Å². The van der Waals surface area contributed by atoms with Gasteiger partial charge in [-0.05, 0) is 84.5 Å². The van der Waals surface area contributed by atoms with Crippen molar-refractivity contribution in [1.29, 1.82) is 0 Å². The first-order valence-electron chi connectivity index (χ1n) is 13.0. The Bertz CT molecular complexity index is 1970. The molecular weight excluding hydrogens is 541 g/mol. The summed E-state index contributed by atoms with van der Waals surface area (Å²) < 4.78 is 44.6. The second-order valence-corrected chi connectivity index (χ2v) is 10.1. The van der Waals surface area contributed by atoms with Crippen molar-refractivity contribution in [2.24, 2.45) is 0 Å². The average Bonchev–Trinajstić information content (AvgIpc) is 3.59. The Morgan fingerprint density at radius 3 is 2.48 bits per heavy atom. The van der Waals surface area contributed by atoms with Gasteiger partial charge in [0.05, 0.1) is 28.8 Å². The molecule has 0 saturated heterocycles. The van der Waals surface area contributed by atoms with E-state index in [2.05, 4.69) is 15.3 Å². The predicted octanol–water partition coefficient (Wildman–Crippen LogP) is 7.35. The molecule has 3 N–H and O–H groups in total. The highest BCUT2D eigenvalue weighted by Gasteiger charge is 2.32. The van der Waals surface area contributed by atoms with Gasteiger partial charge in [0.15, 0.2) is 0 Å². The highest BCUT2D eigenvalue weighted by Crippen LogP contribution is 2.33. The number of amides is 1. The zero-order valence-electron chi connectivity index (χ0n) is 22.6. The minimum absolute atomic E-state index is 0.121. The zero-order chi connectivity index (χ0) is 29.6. The largest absolute Gasteiger partial charge is 0.416 e. The van der Waals surface area contributed by atoms with E-state index < -0.39 is 17.6 Å². The van der Waals surface area contributed by atoms with Crippen LogP contribution in [0.1, 0.15) is 27.2 Å². The summed E-state index contributed by atoms with van der Waals surface area (Å²) in [5.41, 5.74) is 10.7. The smallest absolute Gasteiger partial charge is 0.384 e. The van der Waals surface area contributed by atoms with Gasteiger partial charge in [0, 0.05) is 41.6 Å². The van der Waals surface area contributed by atoms with Gasteiger partial charge >= 0.3 is 6.18 Å². The number of aromatic nitrogens is 4. The number of rotatable bonds is 5. The molecule has 3 aromatic heterocycles. The van der Waals surface area contributed by atoms with E-state index >= 15 is 0 Å². The van der Waals surface area contributed by atoms with Crippen LogP contribution in [-0.4, -0.2) is 25.0 Å². The van der Waals surface area contributed by atoms with Crippen molar-refractivity contribution in [1.82, 2.24) is 19.1 Å². The lowest BCUT2D eigenvalue weighted by Gasteiger charge is -2.14. The molecule has 0 unspecified atom stereocenters. The van der Waals surface area contributed by atoms with E-state index in [1.807, 2.05) is 60.2 Å². The maximum Gasteiger partial charge on any atom is 0.416 e. The number of nitrogens with one attached hydrogen (secondary N) is 1. The molecule has 0 atom stereocenters. The van der Waals surface area contributed by atoms with Gasteiger partial charge in [-0.1, -0.05) is 18.2 Å². The van der Waals surface area contributed by atoms with Gasteiger partial charge in [-0.15, -0.1) is 0 Å². The molecule has 6 rings (SSSR count). The SMILES string of the molecule is Cc1cn(-c2cc(C(=O)Nc3ccc(C)c(-c4ccc5ccn(-c6ccnc(N)c6)c5c4)c3)cc(C(F)(F)F)c2)cn1. The molecule has 1 amide bonds. The van der Waals surface area contributed by atoms with Crippen LogP contribution >= 0.6 is 0 Å². The van der Waals surface area contributed by atoms with Gasteiger partial charge in [-0.2, -0.15) is 13.2 Å². The molecule has 6 aromatic rings. The van der Waals surface area contributed by atoms with E-state index in [1.165, 1.54) is 17.0 Å². The third-order valence-corrected chi connectivity index (χ3v) is 7.06. The molecular formula is C32H25F3N6O. The second kappa shape index (κ2) is 10.2. The van der Waals surface area contributed by atoms with Crippen LogP contribution < -0.4 is 11.1 Å². The third kappa shape index (κ3) is 5.22. The minimum atomic E-state index is -4.63. The van der Waals surface area contributed by atoms with Crippen LogP contribution in [0.2, 0.25) is 0 Å². The summed E-state index contributed by atoms with van der Waals surface area (Å²) >= 11 is 0. The number of hydrogen-bond acceptors (Lipinski definition) is 4. The number of fused-ring (bicyclic) bond motifs is 1. The molecule has 7 nitrogen and oxygen atoms in total. The van der Waals surface area contributed by atoms with Crippen molar-refractivity contribution in [2.75, 3.05) is 11.1 Å². The number of pyridine rings is 1. The lowest BCUT2D eigenvalue weighted by atomic mass is 9.98. The quantitative estimate of drug-likeness (QED) is 0.228. The molecule has 0 aliphatic carbocycles. The van der Waals surface area contributed by atoms with Gasteiger partial charge in [0.1, 0.15) is 5.82 Å². The maximum atomic E-state index is 13.7. The Kier molecular flexibility index (Phi) is 6.53. The van der Waals surface area contributed by atoms with Crippen LogP contribution in [-0.2, 0) is 6.18 Å². The summed E-state index contributed by atoms with van der Waals surface area (Å²) in [6.45, 7) is 3.69. The van der Waals surface area contributed by atoms with Crippen LogP contribution in [0.25, 0.3) is 33.4 Å². The fourth-order valence-corrected chi connectivity index (χ4v) is 4.94. The topological polar surface area (TPSA) is 90.8 Å². The predicted molar refractivity (Wildman–Crippen MR) is 157 cm³/mol. The Balaban J connectivity index is 1.34. The normalized spacial score (nSPS) is 11.6. The number of nitrogens with zero attached hydrogens (tertiary/aromatic N) is 4. The number of halogens is 3. The molecule has 10 heteroatoms. The first-order chi connectivity index (χ1) is 20.0. The van der Waals surface area contributed by atoms with E-state index in [4.69, 9.17) is 5.73 Å². The van der Waals surface area contributed by atoms with Crippen molar-refractivity contribution in [2.45, 2.75) is 20.0 Å². The lowest BCUT2D eigenvalue weighted by Crippen LogP contribution is -2.15. The minimum Gasteiger partial charge on any atom is -0.384 e. The molecule has 0 bridgehead atoms. The van der Waals surface area contributed by atoms with Gasteiger partial charge in [-0.3, -0.25) is 4.79 Å². The molecule has 0 fully saturated rings. The van der Waals surface area contributed by atoms with E-state index in [1.54, 1.807) is 31.5 Å². The number of aryl methyl sites for hydroxylation is 2. The molecule has 0 spiro atoms. The molecule has 210 valence electrons. The average molecular weight is 567 g/mol. The number of nitrogens with two attached hydrogens (primary N) is 1. The molecule has 0 aliphatic heterocycles. The van der Waals surface area contributed by atoms with Crippen molar-refractivity contribution < 1.29 is 18.0 Å². The van der Waals surface area contributed by atoms with Gasteiger partial charge < -0.3 is 20.2 Å². The Morgan fingerprint density at radius 1 is 0.905 bits per heavy atom. The van der Waals surface area contributed by atoms with Gasteiger partial charge in [-0.25, -0.2) is 9.97 Å². The van der Waals surface area contributed by atoms with Crippen LogP contribution in [0.5, 0.6) is 0 Å². The number of nitrogen functional groups attached to an aromatic ring is 1. The van der Waals surface area contributed by atoms with Gasteiger partial charge in [0.25, 0.3) is 5.91 Å². The molecule has 42 heavy (non-hydrogen) atoms. The first-order valence-corrected chi connectivity index (χ1v) is 13.0. The van der Waals surface area contributed by atoms with Crippen LogP contribution in [0, 0.1) is 13.8 Å². The van der Waals surface area contributed by atoms with Crippen molar-refractivity contribution >= 4 is 28.3 Å². The van der Waals surface area contributed by atoms with E-state index in [-0.39, 0.29) is 11.3 Å².